The molecule has 0 radical (unpaired) electrons. The maximum absolute atomic E-state index is 11.7. The van der Waals surface area contributed by atoms with Crippen LogP contribution in [0.3, 0.4) is 0 Å². The van der Waals surface area contributed by atoms with Crippen molar-refractivity contribution in [3.8, 4) is 0 Å². The molecule has 19 heavy (non-hydrogen) atoms. The van der Waals surface area contributed by atoms with E-state index in [0.717, 1.165) is 44.7 Å². The first kappa shape index (κ1) is 14.0. The fourth-order valence-electron chi connectivity index (χ4n) is 2.09. The van der Waals surface area contributed by atoms with E-state index in [4.69, 9.17) is 4.74 Å². The second-order valence-electron chi connectivity index (χ2n) is 4.70. The third kappa shape index (κ3) is 5.36. The van der Waals surface area contributed by atoms with Crippen molar-refractivity contribution in [1.82, 2.24) is 15.6 Å². The van der Waals surface area contributed by atoms with Crippen LogP contribution in [0.1, 0.15) is 18.5 Å². The average molecular weight is 263 g/mol. The molecule has 1 saturated heterocycles. The second kappa shape index (κ2) is 7.86. The van der Waals surface area contributed by atoms with Crippen LogP contribution in [0.5, 0.6) is 0 Å². The minimum absolute atomic E-state index is 0.0629. The van der Waals surface area contributed by atoms with Gasteiger partial charge in [-0.25, -0.2) is 0 Å². The van der Waals surface area contributed by atoms with Crippen LogP contribution in [-0.4, -0.2) is 43.2 Å². The van der Waals surface area contributed by atoms with Crippen LogP contribution in [0.4, 0.5) is 0 Å². The largest absolute Gasteiger partial charge is 0.381 e. The molecule has 1 aliphatic heterocycles. The molecule has 5 nitrogen and oxygen atoms in total. The third-order valence-electron chi connectivity index (χ3n) is 3.16. The Kier molecular flexibility index (Phi) is 5.78. The lowest BCUT2D eigenvalue weighted by atomic mass is 10.1. The molecular formula is C14H21N3O2. The molecule has 5 heteroatoms. The van der Waals surface area contributed by atoms with Gasteiger partial charge in [0.25, 0.3) is 0 Å². The lowest BCUT2D eigenvalue weighted by molar-refractivity contribution is -0.121. The normalized spacial score (nSPS) is 16.2. The van der Waals surface area contributed by atoms with Crippen molar-refractivity contribution in [2.75, 3.05) is 26.3 Å². The Morgan fingerprint density at radius 1 is 1.37 bits per heavy atom. The number of amides is 1. The SMILES string of the molecule is O=C(CNCCc1ccccn1)NC1CCOCC1. The van der Waals surface area contributed by atoms with Gasteiger partial charge in [0.15, 0.2) is 0 Å². The van der Waals surface area contributed by atoms with E-state index >= 15 is 0 Å². The van der Waals surface area contributed by atoms with Crippen molar-refractivity contribution in [3.05, 3.63) is 30.1 Å². The van der Waals surface area contributed by atoms with Crippen LogP contribution in [0.25, 0.3) is 0 Å². The number of nitrogens with zero attached hydrogens (tertiary/aromatic N) is 1. The molecule has 1 aromatic rings. The van der Waals surface area contributed by atoms with Crippen molar-refractivity contribution < 1.29 is 9.53 Å². The van der Waals surface area contributed by atoms with E-state index in [1.807, 2.05) is 18.2 Å². The summed E-state index contributed by atoms with van der Waals surface area (Å²) in [5.41, 5.74) is 1.04. The Hall–Kier alpha value is -1.46. The van der Waals surface area contributed by atoms with Gasteiger partial charge in [-0.05, 0) is 25.0 Å². The Labute approximate surface area is 113 Å². The third-order valence-corrected chi connectivity index (χ3v) is 3.16. The standard InChI is InChI=1S/C14H21N3O2/c18-14(17-13-5-9-19-10-6-13)11-15-8-4-12-3-1-2-7-16-12/h1-3,7,13,15H,4-6,8-11H2,(H,17,18). The van der Waals surface area contributed by atoms with Crippen molar-refractivity contribution in [3.63, 3.8) is 0 Å². The van der Waals surface area contributed by atoms with Crippen molar-refractivity contribution >= 4 is 5.91 Å². The number of rotatable bonds is 6. The molecule has 0 unspecified atom stereocenters. The van der Waals surface area contributed by atoms with Gasteiger partial charge < -0.3 is 15.4 Å². The molecule has 2 heterocycles. The topological polar surface area (TPSA) is 63.2 Å². The fraction of sp³-hybridized carbons (Fsp3) is 0.571. The minimum Gasteiger partial charge on any atom is -0.381 e. The molecule has 1 aliphatic rings. The highest BCUT2D eigenvalue weighted by atomic mass is 16.5. The first-order valence-electron chi connectivity index (χ1n) is 6.82. The van der Waals surface area contributed by atoms with E-state index in [-0.39, 0.29) is 11.9 Å². The summed E-state index contributed by atoms with van der Waals surface area (Å²) in [7, 11) is 0. The zero-order valence-corrected chi connectivity index (χ0v) is 11.1. The number of aromatic nitrogens is 1. The molecule has 1 amide bonds. The second-order valence-corrected chi connectivity index (χ2v) is 4.70. The zero-order valence-electron chi connectivity index (χ0n) is 11.1. The summed E-state index contributed by atoms with van der Waals surface area (Å²) in [6, 6.07) is 6.14. The van der Waals surface area contributed by atoms with E-state index in [2.05, 4.69) is 15.6 Å². The number of pyridine rings is 1. The monoisotopic (exact) mass is 263 g/mol. The van der Waals surface area contributed by atoms with Gasteiger partial charge in [0.2, 0.25) is 5.91 Å². The van der Waals surface area contributed by atoms with Crippen LogP contribution in [-0.2, 0) is 16.0 Å². The number of carbonyl (C=O) groups is 1. The quantitative estimate of drug-likeness (QED) is 0.734. The molecule has 0 spiro atoms. The van der Waals surface area contributed by atoms with E-state index in [9.17, 15) is 4.79 Å². The molecule has 0 bridgehead atoms. The molecule has 1 fully saturated rings. The van der Waals surface area contributed by atoms with E-state index in [0.29, 0.717) is 6.54 Å². The summed E-state index contributed by atoms with van der Waals surface area (Å²) in [6.07, 6.45) is 4.46. The number of hydrogen-bond acceptors (Lipinski definition) is 4. The van der Waals surface area contributed by atoms with E-state index in [1.165, 1.54) is 0 Å². The number of nitrogens with one attached hydrogen (secondary N) is 2. The Morgan fingerprint density at radius 2 is 2.21 bits per heavy atom. The summed E-state index contributed by atoms with van der Waals surface area (Å²) in [5.74, 6) is 0.0629. The lowest BCUT2D eigenvalue weighted by Gasteiger charge is -2.23. The van der Waals surface area contributed by atoms with Gasteiger partial charge in [-0.15, -0.1) is 0 Å². The maximum Gasteiger partial charge on any atom is 0.234 e. The molecular weight excluding hydrogens is 242 g/mol. The molecule has 0 saturated carbocycles. The lowest BCUT2D eigenvalue weighted by Crippen LogP contribution is -2.43. The van der Waals surface area contributed by atoms with Gasteiger partial charge >= 0.3 is 0 Å². The van der Waals surface area contributed by atoms with Crippen LogP contribution in [0.15, 0.2) is 24.4 Å². The van der Waals surface area contributed by atoms with Gasteiger partial charge in [-0.2, -0.15) is 0 Å². The Bertz CT molecular complexity index is 378. The van der Waals surface area contributed by atoms with Crippen molar-refractivity contribution in [2.24, 2.45) is 0 Å². The molecule has 0 aliphatic carbocycles. The van der Waals surface area contributed by atoms with Crippen molar-refractivity contribution in [1.29, 1.82) is 0 Å². The predicted molar refractivity (Wildman–Crippen MR) is 72.8 cm³/mol. The average Bonchev–Trinajstić information content (AvgIpc) is 2.46. The van der Waals surface area contributed by atoms with Crippen LogP contribution < -0.4 is 10.6 Å². The van der Waals surface area contributed by atoms with Gasteiger partial charge in [0, 0.05) is 44.1 Å². The molecule has 0 aromatic carbocycles. The highest BCUT2D eigenvalue weighted by Crippen LogP contribution is 2.05. The first-order valence-corrected chi connectivity index (χ1v) is 6.82. The summed E-state index contributed by atoms with van der Waals surface area (Å²) in [5, 5.41) is 6.16. The smallest absolute Gasteiger partial charge is 0.234 e. The van der Waals surface area contributed by atoms with Crippen LogP contribution >= 0.6 is 0 Å². The number of ether oxygens (including phenoxy) is 1. The maximum atomic E-state index is 11.7. The number of hydrogen-bond donors (Lipinski definition) is 2. The van der Waals surface area contributed by atoms with Gasteiger partial charge in [-0.3, -0.25) is 9.78 Å². The molecule has 0 atom stereocenters. The molecule has 2 rings (SSSR count). The van der Waals surface area contributed by atoms with E-state index < -0.39 is 0 Å². The summed E-state index contributed by atoms with van der Waals surface area (Å²) in [6.45, 7) is 2.62. The summed E-state index contributed by atoms with van der Waals surface area (Å²) >= 11 is 0. The van der Waals surface area contributed by atoms with Crippen LogP contribution in [0, 0.1) is 0 Å². The Balaban J connectivity index is 1.56. The fourth-order valence-corrected chi connectivity index (χ4v) is 2.09. The molecule has 104 valence electrons. The van der Waals surface area contributed by atoms with Gasteiger partial charge in [0.1, 0.15) is 0 Å². The molecule has 1 aromatic heterocycles. The number of carbonyl (C=O) groups excluding carboxylic acids is 1. The minimum atomic E-state index is 0.0629. The predicted octanol–water partition coefficient (Wildman–Crippen LogP) is 0.509. The zero-order chi connectivity index (χ0) is 13.3. The highest BCUT2D eigenvalue weighted by Gasteiger charge is 2.15. The van der Waals surface area contributed by atoms with Crippen LogP contribution in [0.2, 0.25) is 0 Å². The first-order chi connectivity index (χ1) is 9.34. The van der Waals surface area contributed by atoms with Gasteiger partial charge in [-0.1, -0.05) is 6.07 Å². The summed E-state index contributed by atoms with van der Waals surface area (Å²) in [4.78, 5) is 15.9. The van der Waals surface area contributed by atoms with Crippen molar-refractivity contribution in [2.45, 2.75) is 25.3 Å². The summed E-state index contributed by atoms with van der Waals surface area (Å²) < 4.78 is 5.25. The van der Waals surface area contributed by atoms with E-state index in [1.54, 1.807) is 6.20 Å². The molecule has 2 N–H and O–H groups in total. The van der Waals surface area contributed by atoms with Gasteiger partial charge in [0.05, 0.1) is 6.54 Å². The Morgan fingerprint density at radius 3 is 2.95 bits per heavy atom. The highest BCUT2D eigenvalue weighted by molar-refractivity contribution is 5.78.